The standard InChI is InChI=1S/C12H19N3OS2/c1-8-3-5-15(6-4-8)12-14-9(7-16-2)10(18-12)11(13)17/h8H,3-7H2,1-2H3,(H2,13,17). The fourth-order valence-corrected chi connectivity index (χ4v) is 3.32. The van der Waals surface area contributed by atoms with E-state index < -0.39 is 0 Å². The maximum absolute atomic E-state index is 5.74. The van der Waals surface area contributed by atoms with Crippen LogP contribution in [0.4, 0.5) is 5.13 Å². The van der Waals surface area contributed by atoms with Crippen molar-refractivity contribution in [2.45, 2.75) is 26.4 Å². The second-order valence-corrected chi connectivity index (χ2v) is 6.16. The van der Waals surface area contributed by atoms with Gasteiger partial charge in [-0.1, -0.05) is 30.5 Å². The maximum atomic E-state index is 5.74. The Balaban J connectivity index is 2.18. The van der Waals surface area contributed by atoms with Gasteiger partial charge in [0.1, 0.15) is 4.99 Å². The summed E-state index contributed by atoms with van der Waals surface area (Å²) >= 11 is 6.66. The van der Waals surface area contributed by atoms with Crippen molar-refractivity contribution in [3.63, 3.8) is 0 Å². The zero-order valence-corrected chi connectivity index (χ0v) is 12.4. The molecule has 0 unspecified atom stereocenters. The van der Waals surface area contributed by atoms with Crippen LogP contribution >= 0.6 is 23.6 Å². The Hall–Kier alpha value is -0.720. The number of piperidine rings is 1. The van der Waals surface area contributed by atoms with Gasteiger partial charge in [-0.05, 0) is 18.8 Å². The fourth-order valence-electron chi connectivity index (χ4n) is 2.10. The molecule has 0 aromatic carbocycles. The largest absolute Gasteiger partial charge is 0.389 e. The lowest BCUT2D eigenvalue weighted by Gasteiger charge is -2.29. The van der Waals surface area contributed by atoms with Gasteiger partial charge in [-0.3, -0.25) is 0 Å². The second-order valence-electron chi connectivity index (χ2n) is 4.74. The zero-order chi connectivity index (χ0) is 13.1. The molecule has 1 aromatic rings. The van der Waals surface area contributed by atoms with Crippen LogP contribution in [0.5, 0.6) is 0 Å². The highest BCUT2D eigenvalue weighted by molar-refractivity contribution is 7.81. The number of nitrogens with zero attached hydrogens (tertiary/aromatic N) is 2. The molecule has 1 fully saturated rings. The minimum absolute atomic E-state index is 0.413. The molecule has 0 amide bonds. The highest BCUT2D eigenvalue weighted by Gasteiger charge is 2.21. The molecule has 100 valence electrons. The number of rotatable bonds is 4. The van der Waals surface area contributed by atoms with Crippen LogP contribution in [0.15, 0.2) is 0 Å². The van der Waals surface area contributed by atoms with Crippen molar-refractivity contribution in [2.24, 2.45) is 11.7 Å². The normalized spacial score (nSPS) is 17.1. The molecule has 0 atom stereocenters. The molecule has 0 aliphatic carbocycles. The average Bonchev–Trinajstić information content (AvgIpc) is 2.75. The van der Waals surface area contributed by atoms with Crippen molar-refractivity contribution >= 4 is 33.7 Å². The van der Waals surface area contributed by atoms with E-state index in [1.165, 1.54) is 12.8 Å². The Morgan fingerprint density at radius 2 is 2.22 bits per heavy atom. The van der Waals surface area contributed by atoms with Crippen molar-refractivity contribution in [1.82, 2.24) is 4.98 Å². The van der Waals surface area contributed by atoms with Crippen LogP contribution in [0.2, 0.25) is 0 Å². The Morgan fingerprint density at radius 1 is 1.56 bits per heavy atom. The Kier molecular flexibility index (Phi) is 4.53. The van der Waals surface area contributed by atoms with Crippen molar-refractivity contribution in [3.8, 4) is 0 Å². The van der Waals surface area contributed by atoms with Crippen molar-refractivity contribution in [3.05, 3.63) is 10.6 Å². The molecule has 1 saturated heterocycles. The number of methoxy groups -OCH3 is 1. The van der Waals surface area contributed by atoms with Crippen molar-refractivity contribution in [2.75, 3.05) is 25.1 Å². The fraction of sp³-hybridized carbons (Fsp3) is 0.667. The highest BCUT2D eigenvalue weighted by Crippen LogP contribution is 2.30. The molecule has 4 nitrogen and oxygen atoms in total. The van der Waals surface area contributed by atoms with Gasteiger partial charge in [-0.25, -0.2) is 4.98 Å². The number of thiazole rings is 1. The first-order chi connectivity index (χ1) is 8.61. The van der Waals surface area contributed by atoms with Gasteiger partial charge in [-0.15, -0.1) is 0 Å². The summed E-state index contributed by atoms with van der Waals surface area (Å²) in [7, 11) is 1.66. The lowest BCUT2D eigenvalue weighted by Crippen LogP contribution is -2.32. The Morgan fingerprint density at radius 3 is 2.78 bits per heavy atom. The number of nitrogens with two attached hydrogens (primary N) is 1. The second kappa shape index (κ2) is 5.95. The minimum atomic E-state index is 0.413. The van der Waals surface area contributed by atoms with Crippen LogP contribution < -0.4 is 10.6 Å². The summed E-state index contributed by atoms with van der Waals surface area (Å²) in [6, 6.07) is 0. The van der Waals surface area contributed by atoms with Gasteiger partial charge in [0, 0.05) is 20.2 Å². The molecule has 0 bridgehead atoms. The van der Waals surface area contributed by atoms with Crippen LogP contribution in [-0.4, -0.2) is 30.2 Å². The molecule has 1 aliphatic heterocycles. The third kappa shape index (κ3) is 2.99. The lowest BCUT2D eigenvalue weighted by molar-refractivity contribution is 0.182. The average molecular weight is 285 g/mol. The summed E-state index contributed by atoms with van der Waals surface area (Å²) in [5.41, 5.74) is 6.60. The summed E-state index contributed by atoms with van der Waals surface area (Å²) in [4.78, 5) is 8.25. The Bertz CT molecular complexity index is 425. The highest BCUT2D eigenvalue weighted by atomic mass is 32.1. The molecule has 1 aliphatic rings. The van der Waals surface area contributed by atoms with Crippen molar-refractivity contribution < 1.29 is 4.74 Å². The van der Waals surface area contributed by atoms with E-state index in [1.54, 1.807) is 18.4 Å². The van der Waals surface area contributed by atoms with Gasteiger partial charge in [0.25, 0.3) is 0 Å². The van der Waals surface area contributed by atoms with E-state index in [9.17, 15) is 0 Å². The smallest absolute Gasteiger partial charge is 0.186 e. The summed E-state index contributed by atoms with van der Waals surface area (Å²) in [5.74, 6) is 0.815. The van der Waals surface area contributed by atoms with Crippen LogP contribution in [-0.2, 0) is 11.3 Å². The van der Waals surface area contributed by atoms with Gasteiger partial charge in [0.2, 0.25) is 0 Å². The van der Waals surface area contributed by atoms with Crippen LogP contribution in [0.1, 0.15) is 30.3 Å². The molecular weight excluding hydrogens is 266 g/mol. The molecular formula is C12H19N3OS2. The summed E-state index contributed by atoms with van der Waals surface area (Å²) in [6.45, 7) is 4.90. The summed E-state index contributed by atoms with van der Waals surface area (Å²) in [6.07, 6.45) is 2.45. The van der Waals surface area contributed by atoms with Gasteiger partial charge in [0.15, 0.2) is 5.13 Å². The Labute approximate surface area is 117 Å². The van der Waals surface area contributed by atoms with E-state index in [0.29, 0.717) is 11.6 Å². The minimum Gasteiger partial charge on any atom is -0.389 e. The van der Waals surface area contributed by atoms with Gasteiger partial charge in [0.05, 0.1) is 17.2 Å². The number of hydrogen-bond acceptors (Lipinski definition) is 5. The van der Waals surface area contributed by atoms with Crippen LogP contribution in [0.3, 0.4) is 0 Å². The first-order valence-corrected chi connectivity index (χ1v) is 7.37. The lowest BCUT2D eigenvalue weighted by atomic mass is 10.00. The SMILES string of the molecule is COCc1nc(N2CCC(C)CC2)sc1C(N)=S. The zero-order valence-electron chi connectivity index (χ0n) is 10.8. The third-order valence-corrected chi connectivity index (χ3v) is 4.77. The number of ether oxygens (including phenoxy) is 1. The third-order valence-electron chi connectivity index (χ3n) is 3.25. The number of anilines is 1. The van der Waals surface area contributed by atoms with Crippen LogP contribution in [0, 0.1) is 5.92 Å². The predicted molar refractivity (Wildman–Crippen MR) is 79.3 cm³/mol. The quantitative estimate of drug-likeness (QED) is 0.859. The molecule has 2 heterocycles. The molecule has 18 heavy (non-hydrogen) atoms. The number of thiocarbonyl (C=S) groups is 1. The molecule has 6 heteroatoms. The van der Waals surface area contributed by atoms with E-state index in [4.69, 9.17) is 22.7 Å². The van der Waals surface area contributed by atoms with E-state index in [-0.39, 0.29) is 0 Å². The molecule has 2 rings (SSSR count). The predicted octanol–water partition coefficient (Wildman–Crippen LogP) is 2.16. The van der Waals surface area contributed by atoms with Crippen LogP contribution in [0.25, 0.3) is 0 Å². The molecule has 0 spiro atoms. The summed E-state index contributed by atoms with van der Waals surface area (Å²) < 4.78 is 5.15. The number of hydrogen-bond donors (Lipinski definition) is 1. The monoisotopic (exact) mass is 285 g/mol. The van der Waals surface area contributed by atoms with Gasteiger partial charge in [-0.2, -0.15) is 0 Å². The topological polar surface area (TPSA) is 51.4 Å². The number of aromatic nitrogens is 1. The maximum Gasteiger partial charge on any atom is 0.186 e. The molecule has 0 saturated carbocycles. The molecule has 0 radical (unpaired) electrons. The molecule has 1 aromatic heterocycles. The van der Waals surface area contributed by atoms with E-state index in [2.05, 4.69) is 16.8 Å². The van der Waals surface area contributed by atoms with E-state index >= 15 is 0 Å². The first-order valence-electron chi connectivity index (χ1n) is 6.15. The van der Waals surface area contributed by atoms with E-state index in [0.717, 1.165) is 34.7 Å². The first kappa shape index (κ1) is 13.7. The van der Waals surface area contributed by atoms with Crippen molar-refractivity contribution in [1.29, 1.82) is 0 Å². The van der Waals surface area contributed by atoms with Gasteiger partial charge < -0.3 is 15.4 Å². The summed E-state index contributed by atoms with van der Waals surface area (Å²) in [5, 5.41) is 1.02. The van der Waals surface area contributed by atoms with Gasteiger partial charge >= 0.3 is 0 Å². The molecule has 2 N–H and O–H groups in total. The van der Waals surface area contributed by atoms with E-state index in [1.807, 2.05) is 0 Å².